The first-order valence-electron chi connectivity index (χ1n) is 5.09. The van der Waals surface area contributed by atoms with Crippen LogP contribution in [0.5, 0.6) is 0 Å². The van der Waals surface area contributed by atoms with Crippen LogP contribution in [0.1, 0.15) is 5.56 Å². The number of hydrogen-bond donors (Lipinski definition) is 1. The van der Waals surface area contributed by atoms with Gasteiger partial charge in [0.2, 0.25) is 0 Å². The highest BCUT2D eigenvalue weighted by atomic mass is 79.9. The molecule has 16 heavy (non-hydrogen) atoms. The van der Waals surface area contributed by atoms with Gasteiger partial charge in [-0.05, 0) is 17.7 Å². The summed E-state index contributed by atoms with van der Waals surface area (Å²) in [4.78, 5) is 13.1. The van der Waals surface area contributed by atoms with Gasteiger partial charge in [-0.15, -0.1) is 0 Å². The number of nitrogens with two attached hydrogens (primary N) is 1. The van der Waals surface area contributed by atoms with Crippen LogP contribution in [0.25, 0.3) is 0 Å². The van der Waals surface area contributed by atoms with Crippen molar-refractivity contribution in [2.45, 2.75) is 12.6 Å². The fraction of sp³-hybridized carbons (Fsp3) is 0.364. The highest BCUT2D eigenvalue weighted by Gasteiger charge is 2.29. The van der Waals surface area contributed by atoms with E-state index in [-0.39, 0.29) is 12.2 Å². The zero-order valence-corrected chi connectivity index (χ0v) is 10.3. The molecule has 4 nitrogen and oxygen atoms in total. The summed E-state index contributed by atoms with van der Waals surface area (Å²) in [5.74, 6) is 0. The second-order valence-corrected chi connectivity index (χ2v) is 4.66. The lowest BCUT2D eigenvalue weighted by molar-refractivity contribution is 0.134. The highest BCUT2D eigenvalue weighted by molar-refractivity contribution is 9.10. The molecule has 1 saturated heterocycles. The SMILES string of the molecule is NC[C@H]1CN(Cc2ccc(Br)cc2)C(=O)O1. The predicted molar refractivity (Wildman–Crippen MR) is 63.9 cm³/mol. The summed E-state index contributed by atoms with van der Waals surface area (Å²) in [5, 5.41) is 0. The van der Waals surface area contributed by atoms with Crippen molar-refractivity contribution in [2.24, 2.45) is 5.73 Å². The van der Waals surface area contributed by atoms with E-state index in [1.54, 1.807) is 4.90 Å². The Morgan fingerprint density at radius 1 is 1.44 bits per heavy atom. The third kappa shape index (κ3) is 2.54. The number of hydrogen-bond acceptors (Lipinski definition) is 3. The van der Waals surface area contributed by atoms with Gasteiger partial charge in [-0.3, -0.25) is 0 Å². The number of benzene rings is 1. The van der Waals surface area contributed by atoms with Crippen LogP contribution in [-0.2, 0) is 11.3 Å². The molecule has 0 aliphatic carbocycles. The molecule has 86 valence electrons. The largest absolute Gasteiger partial charge is 0.443 e. The predicted octanol–water partition coefficient (Wildman–Crippen LogP) is 1.73. The van der Waals surface area contributed by atoms with Crippen LogP contribution in [0, 0.1) is 0 Å². The van der Waals surface area contributed by atoms with Crippen molar-refractivity contribution in [2.75, 3.05) is 13.1 Å². The maximum Gasteiger partial charge on any atom is 0.410 e. The van der Waals surface area contributed by atoms with Gasteiger partial charge in [0.1, 0.15) is 6.10 Å². The molecule has 1 heterocycles. The number of nitrogens with zero attached hydrogens (tertiary/aromatic N) is 1. The second kappa shape index (κ2) is 4.84. The van der Waals surface area contributed by atoms with Crippen LogP contribution in [0.4, 0.5) is 4.79 Å². The summed E-state index contributed by atoms with van der Waals surface area (Å²) >= 11 is 3.37. The Morgan fingerprint density at radius 2 is 2.12 bits per heavy atom. The van der Waals surface area contributed by atoms with E-state index in [9.17, 15) is 4.79 Å². The molecule has 2 N–H and O–H groups in total. The minimum atomic E-state index is -0.279. The highest BCUT2D eigenvalue weighted by Crippen LogP contribution is 2.16. The first-order valence-corrected chi connectivity index (χ1v) is 5.88. The molecule has 1 amide bonds. The maximum absolute atomic E-state index is 11.5. The summed E-state index contributed by atoms with van der Waals surface area (Å²) in [6, 6.07) is 7.87. The molecule has 1 aromatic rings. The maximum atomic E-state index is 11.5. The van der Waals surface area contributed by atoms with Gasteiger partial charge in [0, 0.05) is 17.6 Å². The second-order valence-electron chi connectivity index (χ2n) is 3.75. The standard InChI is InChI=1S/C11H13BrN2O2/c12-9-3-1-8(2-4-9)6-14-7-10(5-13)16-11(14)15/h1-4,10H,5-7,13H2/t10-/m0/s1. The van der Waals surface area contributed by atoms with Crippen molar-refractivity contribution >= 4 is 22.0 Å². The van der Waals surface area contributed by atoms with Crippen molar-refractivity contribution in [1.82, 2.24) is 4.90 Å². The Labute approximate surface area is 102 Å². The van der Waals surface area contributed by atoms with Crippen LogP contribution < -0.4 is 5.73 Å². The van der Waals surface area contributed by atoms with Crippen LogP contribution >= 0.6 is 15.9 Å². The van der Waals surface area contributed by atoms with Crippen LogP contribution in [0.3, 0.4) is 0 Å². The molecule has 5 heteroatoms. The van der Waals surface area contributed by atoms with Gasteiger partial charge in [0.15, 0.2) is 0 Å². The monoisotopic (exact) mass is 284 g/mol. The fourth-order valence-corrected chi connectivity index (χ4v) is 1.90. The smallest absolute Gasteiger partial charge is 0.410 e. The molecule has 1 atom stereocenters. The number of cyclic esters (lactones) is 1. The number of carbonyl (C=O) groups is 1. The minimum Gasteiger partial charge on any atom is -0.443 e. The molecule has 1 aliphatic rings. The van der Waals surface area contributed by atoms with Gasteiger partial charge in [-0.1, -0.05) is 28.1 Å². The van der Waals surface area contributed by atoms with Gasteiger partial charge >= 0.3 is 6.09 Å². The molecule has 0 saturated carbocycles. The molecule has 0 radical (unpaired) electrons. The van der Waals surface area contributed by atoms with Crippen LogP contribution in [-0.4, -0.2) is 30.2 Å². The molecule has 2 rings (SSSR count). The quantitative estimate of drug-likeness (QED) is 0.920. The summed E-state index contributed by atoms with van der Waals surface area (Å²) < 4.78 is 6.10. The van der Waals surface area contributed by atoms with E-state index in [1.165, 1.54) is 0 Å². The van der Waals surface area contributed by atoms with E-state index in [4.69, 9.17) is 10.5 Å². The molecule has 0 spiro atoms. The lowest BCUT2D eigenvalue weighted by atomic mass is 10.2. The number of ether oxygens (including phenoxy) is 1. The third-order valence-corrected chi connectivity index (χ3v) is 3.03. The van der Waals surface area contributed by atoms with E-state index in [0.29, 0.717) is 19.6 Å². The third-order valence-electron chi connectivity index (χ3n) is 2.50. The molecule has 0 aromatic heterocycles. The van der Waals surface area contributed by atoms with Crippen LogP contribution in [0.2, 0.25) is 0 Å². The Morgan fingerprint density at radius 3 is 2.69 bits per heavy atom. The lowest BCUT2D eigenvalue weighted by Crippen LogP contribution is -2.27. The Bertz CT molecular complexity index is 380. The van der Waals surface area contributed by atoms with E-state index < -0.39 is 0 Å². The number of halogens is 1. The summed E-state index contributed by atoms with van der Waals surface area (Å²) in [7, 11) is 0. The van der Waals surface area contributed by atoms with E-state index in [0.717, 1.165) is 10.0 Å². The van der Waals surface area contributed by atoms with Gasteiger partial charge in [-0.2, -0.15) is 0 Å². The topological polar surface area (TPSA) is 55.6 Å². The number of carbonyl (C=O) groups excluding carboxylic acids is 1. The fourth-order valence-electron chi connectivity index (χ4n) is 1.64. The Hall–Kier alpha value is -1.07. The van der Waals surface area contributed by atoms with Crippen molar-refractivity contribution in [3.8, 4) is 0 Å². The Balaban J connectivity index is 2.00. The zero-order valence-electron chi connectivity index (χ0n) is 8.73. The lowest BCUT2D eigenvalue weighted by Gasteiger charge is -2.12. The molecule has 1 fully saturated rings. The van der Waals surface area contributed by atoms with E-state index in [2.05, 4.69) is 15.9 Å². The van der Waals surface area contributed by atoms with Crippen molar-refractivity contribution < 1.29 is 9.53 Å². The first-order chi connectivity index (χ1) is 7.69. The first kappa shape index (κ1) is 11.4. The molecule has 1 aromatic carbocycles. The zero-order chi connectivity index (χ0) is 11.5. The molecular weight excluding hydrogens is 272 g/mol. The molecular formula is C11H13BrN2O2. The molecule has 1 aliphatic heterocycles. The van der Waals surface area contributed by atoms with Crippen LogP contribution in [0.15, 0.2) is 28.7 Å². The summed E-state index contributed by atoms with van der Waals surface area (Å²) in [6.45, 7) is 1.52. The summed E-state index contributed by atoms with van der Waals surface area (Å²) in [6.07, 6.45) is -0.443. The van der Waals surface area contributed by atoms with Gasteiger partial charge < -0.3 is 15.4 Å². The normalized spacial score (nSPS) is 20.0. The Kier molecular flexibility index (Phi) is 3.46. The number of rotatable bonds is 3. The molecule has 0 unspecified atom stereocenters. The van der Waals surface area contributed by atoms with Crippen molar-refractivity contribution in [1.29, 1.82) is 0 Å². The average Bonchev–Trinajstić information content (AvgIpc) is 2.63. The minimum absolute atomic E-state index is 0.164. The van der Waals surface area contributed by atoms with Crippen molar-refractivity contribution in [3.63, 3.8) is 0 Å². The van der Waals surface area contributed by atoms with E-state index >= 15 is 0 Å². The van der Waals surface area contributed by atoms with Gasteiger partial charge in [-0.25, -0.2) is 4.79 Å². The van der Waals surface area contributed by atoms with E-state index in [1.807, 2.05) is 24.3 Å². The van der Waals surface area contributed by atoms with Gasteiger partial charge in [0.25, 0.3) is 0 Å². The molecule has 0 bridgehead atoms. The van der Waals surface area contributed by atoms with Gasteiger partial charge in [0.05, 0.1) is 6.54 Å². The van der Waals surface area contributed by atoms with Crippen molar-refractivity contribution in [3.05, 3.63) is 34.3 Å². The average molecular weight is 285 g/mol. The number of amides is 1. The summed E-state index contributed by atoms with van der Waals surface area (Å²) in [5.41, 5.74) is 6.54.